The number of carbonyl (C=O) groups is 1. The lowest BCUT2D eigenvalue weighted by atomic mass is 9.82. The highest BCUT2D eigenvalue weighted by atomic mass is 35.5. The van der Waals surface area contributed by atoms with Crippen LogP contribution in [0.3, 0.4) is 0 Å². The summed E-state index contributed by atoms with van der Waals surface area (Å²) in [6.07, 6.45) is 4.81. The van der Waals surface area contributed by atoms with Crippen LogP contribution in [0.5, 0.6) is 0 Å². The van der Waals surface area contributed by atoms with Crippen LogP contribution >= 0.6 is 11.6 Å². The molecule has 2 fully saturated rings. The van der Waals surface area contributed by atoms with E-state index in [9.17, 15) is 4.79 Å². The van der Waals surface area contributed by atoms with E-state index in [2.05, 4.69) is 17.3 Å². The van der Waals surface area contributed by atoms with Crippen LogP contribution in [0.2, 0.25) is 5.02 Å². The Morgan fingerprint density at radius 3 is 2.48 bits per heavy atom. The maximum absolute atomic E-state index is 12.1. The van der Waals surface area contributed by atoms with Crippen molar-refractivity contribution in [2.24, 2.45) is 5.92 Å². The van der Waals surface area contributed by atoms with Crippen LogP contribution in [0.4, 0.5) is 0 Å². The molecular formula is C18H25ClN2O2. The monoisotopic (exact) mass is 336 g/mol. The molecule has 2 bridgehead atoms. The van der Waals surface area contributed by atoms with Crippen LogP contribution in [-0.4, -0.2) is 43.7 Å². The molecule has 3 rings (SSSR count). The predicted octanol–water partition coefficient (Wildman–Crippen LogP) is 3.02. The van der Waals surface area contributed by atoms with E-state index in [1.165, 1.54) is 12.8 Å². The van der Waals surface area contributed by atoms with E-state index >= 15 is 0 Å². The van der Waals surface area contributed by atoms with Gasteiger partial charge in [-0.2, -0.15) is 0 Å². The first-order valence-corrected chi connectivity index (χ1v) is 8.72. The van der Waals surface area contributed by atoms with Crippen LogP contribution in [-0.2, 0) is 9.53 Å². The summed E-state index contributed by atoms with van der Waals surface area (Å²) in [6.45, 7) is 0.101. The highest BCUT2D eigenvalue weighted by Crippen LogP contribution is 2.42. The highest BCUT2D eigenvalue weighted by molar-refractivity contribution is 6.30. The minimum atomic E-state index is -0.0567. The molecule has 1 amide bonds. The van der Waals surface area contributed by atoms with Gasteiger partial charge in [0.05, 0.1) is 6.04 Å². The van der Waals surface area contributed by atoms with Crippen molar-refractivity contribution in [3.05, 3.63) is 34.9 Å². The Morgan fingerprint density at radius 2 is 1.91 bits per heavy atom. The number of nitrogens with one attached hydrogen (secondary N) is 1. The van der Waals surface area contributed by atoms with Crippen molar-refractivity contribution >= 4 is 17.5 Å². The number of methoxy groups -OCH3 is 1. The number of rotatable bonds is 5. The molecule has 2 saturated heterocycles. The number of halogens is 1. The number of fused-ring (bicyclic) bond motifs is 2. The Bertz CT molecular complexity index is 534. The molecule has 2 aliphatic heterocycles. The van der Waals surface area contributed by atoms with Gasteiger partial charge in [-0.3, -0.25) is 4.79 Å². The molecule has 3 atom stereocenters. The van der Waals surface area contributed by atoms with Gasteiger partial charge in [0, 0.05) is 24.2 Å². The van der Waals surface area contributed by atoms with Gasteiger partial charge in [0.1, 0.15) is 6.61 Å². The molecule has 126 valence electrons. The van der Waals surface area contributed by atoms with Gasteiger partial charge in [0.2, 0.25) is 5.91 Å². The number of piperidine rings is 1. The van der Waals surface area contributed by atoms with Gasteiger partial charge in [-0.25, -0.2) is 0 Å². The lowest BCUT2D eigenvalue weighted by Crippen LogP contribution is -2.45. The second-order valence-electron chi connectivity index (χ2n) is 6.81. The fraction of sp³-hybridized carbons (Fsp3) is 0.611. The summed E-state index contributed by atoms with van der Waals surface area (Å²) in [5.74, 6) is 0.407. The molecule has 0 aromatic heterocycles. The van der Waals surface area contributed by atoms with E-state index in [0.29, 0.717) is 18.0 Å². The molecule has 3 unspecified atom stereocenters. The number of hydrogen-bond donors (Lipinski definition) is 1. The molecule has 2 aliphatic rings. The van der Waals surface area contributed by atoms with Crippen LogP contribution < -0.4 is 5.32 Å². The molecule has 0 saturated carbocycles. The van der Waals surface area contributed by atoms with E-state index in [1.807, 2.05) is 24.3 Å². The Labute approximate surface area is 143 Å². The van der Waals surface area contributed by atoms with Crippen LogP contribution in [0, 0.1) is 5.92 Å². The smallest absolute Gasteiger partial charge is 0.246 e. The van der Waals surface area contributed by atoms with Gasteiger partial charge < -0.3 is 15.0 Å². The second-order valence-corrected chi connectivity index (χ2v) is 7.25. The zero-order valence-corrected chi connectivity index (χ0v) is 14.6. The number of ether oxygens (including phenoxy) is 1. The fourth-order valence-electron chi connectivity index (χ4n) is 4.22. The molecule has 1 N–H and O–H groups in total. The van der Waals surface area contributed by atoms with Crippen molar-refractivity contribution in [2.45, 2.75) is 43.8 Å². The van der Waals surface area contributed by atoms with Crippen LogP contribution in [0.25, 0.3) is 0 Å². The number of amides is 1. The molecule has 1 aromatic rings. The molecule has 0 spiro atoms. The van der Waals surface area contributed by atoms with Gasteiger partial charge in [-0.1, -0.05) is 23.7 Å². The zero-order valence-electron chi connectivity index (χ0n) is 13.8. The van der Waals surface area contributed by atoms with E-state index < -0.39 is 0 Å². The highest BCUT2D eigenvalue weighted by Gasteiger charge is 2.41. The maximum Gasteiger partial charge on any atom is 0.246 e. The maximum atomic E-state index is 12.1. The van der Waals surface area contributed by atoms with Gasteiger partial charge in [0.25, 0.3) is 0 Å². The summed E-state index contributed by atoms with van der Waals surface area (Å²) in [4.78, 5) is 14.6. The number of benzene rings is 1. The van der Waals surface area contributed by atoms with Gasteiger partial charge >= 0.3 is 0 Å². The minimum Gasteiger partial charge on any atom is -0.375 e. The second kappa shape index (κ2) is 7.20. The first-order chi connectivity index (χ1) is 11.1. The predicted molar refractivity (Wildman–Crippen MR) is 91.5 cm³/mol. The Hall–Kier alpha value is -1.10. The third-order valence-electron chi connectivity index (χ3n) is 5.43. The Kier molecular flexibility index (Phi) is 5.24. The lowest BCUT2D eigenvalue weighted by Gasteiger charge is -2.40. The summed E-state index contributed by atoms with van der Waals surface area (Å²) < 4.78 is 4.98. The van der Waals surface area contributed by atoms with Crippen molar-refractivity contribution in [2.75, 3.05) is 20.8 Å². The average molecular weight is 337 g/mol. The summed E-state index contributed by atoms with van der Waals surface area (Å²) in [6, 6.07) is 9.18. The van der Waals surface area contributed by atoms with Gasteiger partial charge in [-0.15, -0.1) is 0 Å². The molecule has 4 nitrogen and oxygen atoms in total. The van der Waals surface area contributed by atoms with Crippen LogP contribution in [0.15, 0.2) is 24.3 Å². The average Bonchev–Trinajstić information content (AvgIpc) is 2.75. The van der Waals surface area contributed by atoms with Crippen LogP contribution in [0.1, 0.15) is 37.3 Å². The molecule has 1 aromatic carbocycles. The van der Waals surface area contributed by atoms with E-state index in [1.54, 1.807) is 7.11 Å². The van der Waals surface area contributed by atoms with Gasteiger partial charge in [-0.05, 0) is 56.3 Å². The normalized spacial score (nSPS) is 28.6. The topological polar surface area (TPSA) is 41.6 Å². The fourth-order valence-corrected chi connectivity index (χ4v) is 4.34. The summed E-state index contributed by atoms with van der Waals surface area (Å²) >= 11 is 6.02. The van der Waals surface area contributed by atoms with Crippen molar-refractivity contribution in [1.82, 2.24) is 10.2 Å². The molecule has 23 heavy (non-hydrogen) atoms. The molecular weight excluding hydrogens is 312 g/mol. The Balaban J connectivity index is 1.80. The quantitative estimate of drug-likeness (QED) is 0.898. The molecule has 0 radical (unpaired) electrons. The number of carbonyl (C=O) groups excluding carboxylic acids is 1. The van der Waals surface area contributed by atoms with Crippen molar-refractivity contribution < 1.29 is 9.53 Å². The zero-order chi connectivity index (χ0) is 16.4. The number of nitrogens with zero attached hydrogens (tertiary/aromatic N) is 1. The van der Waals surface area contributed by atoms with Crippen molar-refractivity contribution in [1.29, 1.82) is 0 Å². The first kappa shape index (κ1) is 16.7. The molecule has 2 heterocycles. The first-order valence-electron chi connectivity index (χ1n) is 8.34. The van der Waals surface area contributed by atoms with E-state index in [-0.39, 0.29) is 18.6 Å². The van der Waals surface area contributed by atoms with E-state index in [0.717, 1.165) is 23.4 Å². The van der Waals surface area contributed by atoms with E-state index in [4.69, 9.17) is 16.3 Å². The molecule has 5 heteroatoms. The molecule has 0 aliphatic carbocycles. The lowest BCUT2D eigenvalue weighted by molar-refractivity contribution is -0.126. The minimum absolute atomic E-state index is 0.0340. The third kappa shape index (κ3) is 3.70. The third-order valence-corrected chi connectivity index (χ3v) is 5.68. The summed E-state index contributed by atoms with van der Waals surface area (Å²) in [7, 11) is 3.78. The van der Waals surface area contributed by atoms with Crippen molar-refractivity contribution in [3.8, 4) is 0 Å². The summed E-state index contributed by atoms with van der Waals surface area (Å²) in [5, 5.41) is 3.90. The van der Waals surface area contributed by atoms with Crippen molar-refractivity contribution in [3.63, 3.8) is 0 Å². The standard InChI is InChI=1S/C18H25ClN2O2/c1-21-15-7-8-16(21)10-13(9-15)18(20-17(22)11-23-2)12-3-5-14(19)6-4-12/h3-6,13,15-16,18H,7-11H2,1-2H3,(H,20,22). The SMILES string of the molecule is COCC(=O)NC(c1ccc(Cl)cc1)C1CC2CCC(C1)N2C. The number of hydrogen-bond acceptors (Lipinski definition) is 3. The largest absolute Gasteiger partial charge is 0.375 e. The Morgan fingerprint density at radius 1 is 1.30 bits per heavy atom. The summed E-state index contributed by atoms with van der Waals surface area (Å²) in [5.41, 5.74) is 1.13. The van der Waals surface area contributed by atoms with Gasteiger partial charge in [0.15, 0.2) is 0 Å².